The average molecular weight is 240 g/mol. The summed E-state index contributed by atoms with van der Waals surface area (Å²) in [4.78, 5) is 2.63. The van der Waals surface area contributed by atoms with E-state index in [2.05, 4.69) is 17.1 Å². The van der Waals surface area contributed by atoms with E-state index in [-0.39, 0.29) is 0 Å². The molecule has 2 fully saturated rings. The van der Waals surface area contributed by atoms with Crippen LogP contribution in [0.15, 0.2) is 0 Å². The summed E-state index contributed by atoms with van der Waals surface area (Å²) in [6.07, 6.45) is 8.07. The van der Waals surface area contributed by atoms with Gasteiger partial charge in [0.1, 0.15) is 0 Å². The highest BCUT2D eigenvalue weighted by Gasteiger charge is 2.25. The molecule has 100 valence electrons. The highest BCUT2D eigenvalue weighted by atomic mass is 16.5. The van der Waals surface area contributed by atoms with Crippen LogP contribution in [0.2, 0.25) is 0 Å². The number of piperidine rings is 1. The van der Waals surface area contributed by atoms with Crippen molar-refractivity contribution in [2.45, 2.75) is 57.5 Å². The molecular weight excluding hydrogens is 212 g/mol. The molecule has 1 saturated carbocycles. The van der Waals surface area contributed by atoms with Crippen LogP contribution < -0.4 is 5.32 Å². The van der Waals surface area contributed by atoms with Crippen molar-refractivity contribution in [2.24, 2.45) is 0 Å². The second kappa shape index (κ2) is 7.34. The first-order chi connectivity index (χ1) is 8.40. The molecule has 3 nitrogen and oxygen atoms in total. The Kier molecular flexibility index (Phi) is 5.75. The van der Waals surface area contributed by atoms with Crippen LogP contribution in [-0.2, 0) is 4.74 Å². The number of rotatable bonds is 8. The zero-order valence-corrected chi connectivity index (χ0v) is 11.3. The summed E-state index contributed by atoms with van der Waals surface area (Å²) < 4.78 is 5.61. The van der Waals surface area contributed by atoms with E-state index in [1.54, 1.807) is 0 Å². The predicted molar refractivity (Wildman–Crippen MR) is 71.3 cm³/mol. The van der Waals surface area contributed by atoms with Crippen molar-refractivity contribution in [3.63, 3.8) is 0 Å². The summed E-state index contributed by atoms with van der Waals surface area (Å²) in [6.45, 7) is 7.58. The van der Waals surface area contributed by atoms with Gasteiger partial charge in [0.2, 0.25) is 0 Å². The SMILES string of the molecule is CCCOCCN1CCCCC1CNC1CC1. The maximum absolute atomic E-state index is 5.61. The van der Waals surface area contributed by atoms with Crippen molar-refractivity contribution in [2.75, 3.05) is 32.8 Å². The lowest BCUT2D eigenvalue weighted by Crippen LogP contribution is -2.47. The first-order valence-corrected chi connectivity index (χ1v) is 7.45. The molecule has 1 aliphatic heterocycles. The predicted octanol–water partition coefficient (Wildman–Crippen LogP) is 2.02. The standard InChI is InChI=1S/C14H28N2O/c1-2-10-17-11-9-16-8-4-3-5-14(16)12-15-13-6-7-13/h13-15H,2-12H2,1H3. The van der Waals surface area contributed by atoms with Crippen molar-refractivity contribution in [3.8, 4) is 0 Å². The third kappa shape index (κ3) is 4.94. The normalized spacial score (nSPS) is 26.3. The van der Waals surface area contributed by atoms with Gasteiger partial charge in [0, 0.05) is 31.8 Å². The molecule has 0 aromatic rings. The van der Waals surface area contributed by atoms with E-state index >= 15 is 0 Å². The molecular formula is C14H28N2O. The molecule has 3 heteroatoms. The van der Waals surface area contributed by atoms with Gasteiger partial charge in [0.05, 0.1) is 6.61 Å². The van der Waals surface area contributed by atoms with E-state index in [0.29, 0.717) is 0 Å². The minimum Gasteiger partial charge on any atom is -0.380 e. The molecule has 0 amide bonds. The summed E-state index contributed by atoms with van der Waals surface area (Å²) in [5, 5.41) is 3.68. The van der Waals surface area contributed by atoms with Crippen LogP contribution >= 0.6 is 0 Å². The highest BCUT2D eigenvalue weighted by Crippen LogP contribution is 2.21. The van der Waals surface area contributed by atoms with Gasteiger partial charge >= 0.3 is 0 Å². The lowest BCUT2D eigenvalue weighted by atomic mass is 10.0. The van der Waals surface area contributed by atoms with Gasteiger partial charge in [-0.1, -0.05) is 13.3 Å². The van der Waals surface area contributed by atoms with Gasteiger partial charge in [0.15, 0.2) is 0 Å². The topological polar surface area (TPSA) is 24.5 Å². The van der Waals surface area contributed by atoms with Crippen LogP contribution in [0.4, 0.5) is 0 Å². The smallest absolute Gasteiger partial charge is 0.0593 e. The molecule has 2 aliphatic rings. The molecule has 1 saturated heterocycles. The van der Waals surface area contributed by atoms with Gasteiger partial charge in [0.25, 0.3) is 0 Å². The molecule has 1 atom stereocenters. The fraction of sp³-hybridized carbons (Fsp3) is 1.00. The molecule has 1 aliphatic carbocycles. The third-order valence-corrected chi connectivity index (χ3v) is 3.84. The number of hydrogen-bond acceptors (Lipinski definition) is 3. The molecule has 17 heavy (non-hydrogen) atoms. The van der Waals surface area contributed by atoms with E-state index < -0.39 is 0 Å². The first-order valence-electron chi connectivity index (χ1n) is 7.45. The van der Waals surface area contributed by atoms with Gasteiger partial charge < -0.3 is 10.1 Å². The fourth-order valence-electron chi connectivity index (χ4n) is 2.60. The molecule has 0 spiro atoms. The summed E-state index contributed by atoms with van der Waals surface area (Å²) in [5.74, 6) is 0. The van der Waals surface area contributed by atoms with Crippen molar-refractivity contribution < 1.29 is 4.74 Å². The number of ether oxygens (including phenoxy) is 1. The average Bonchev–Trinajstić information content (AvgIpc) is 3.17. The Bertz CT molecular complexity index is 206. The summed E-state index contributed by atoms with van der Waals surface area (Å²) in [5.41, 5.74) is 0. The van der Waals surface area contributed by atoms with E-state index in [0.717, 1.165) is 38.3 Å². The largest absolute Gasteiger partial charge is 0.380 e. The monoisotopic (exact) mass is 240 g/mol. The maximum atomic E-state index is 5.61. The summed E-state index contributed by atoms with van der Waals surface area (Å²) >= 11 is 0. The Morgan fingerprint density at radius 2 is 2.06 bits per heavy atom. The Morgan fingerprint density at radius 1 is 1.18 bits per heavy atom. The minimum absolute atomic E-state index is 0.759. The molecule has 0 radical (unpaired) electrons. The van der Waals surface area contributed by atoms with Crippen LogP contribution in [0.5, 0.6) is 0 Å². The van der Waals surface area contributed by atoms with Crippen LogP contribution in [0, 0.1) is 0 Å². The number of likely N-dealkylation sites (tertiary alicyclic amines) is 1. The van der Waals surface area contributed by atoms with Crippen LogP contribution in [-0.4, -0.2) is 49.8 Å². The van der Waals surface area contributed by atoms with E-state index in [9.17, 15) is 0 Å². The van der Waals surface area contributed by atoms with Gasteiger partial charge in [-0.2, -0.15) is 0 Å². The van der Waals surface area contributed by atoms with Crippen molar-refractivity contribution in [1.29, 1.82) is 0 Å². The first kappa shape index (κ1) is 13.3. The quantitative estimate of drug-likeness (QED) is 0.657. The lowest BCUT2D eigenvalue weighted by Gasteiger charge is -2.35. The maximum Gasteiger partial charge on any atom is 0.0593 e. The van der Waals surface area contributed by atoms with Crippen molar-refractivity contribution in [1.82, 2.24) is 10.2 Å². The van der Waals surface area contributed by atoms with Crippen LogP contribution in [0.25, 0.3) is 0 Å². The lowest BCUT2D eigenvalue weighted by molar-refractivity contribution is 0.0716. The number of nitrogens with zero attached hydrogens (tertiary/aromatic N) is 1. The van der Waals surface area contributed by atoms with E-state index in [1.807, 2.05) is 0 Å². The minimum atomic E-state index is 0.759. The molecule has 0 bridgehead atoms. The zero-order valence-electron chi connectivity index (χ0n) is 11.3. The van der Waals surface area contributed by atoms with Crippen molar-refractivity contribution in [3.05, 3.63) is 0 Å². The van der Waals surface area contributed by atoms with Gasteiger partial charge in [-0.25, -0.2) is 0 Å². The second-order valence-corrected chi connectivity index (χ2v) is 5.48. The highest BCUT2D eigenvalue weighted by molar-refractivity contribution is 4.85. The number of hydrogen-bond donors (Lipinski definition) is 1. The van der Waals surface area contributed by atoms with Gasteiger partial charge in [-0.3, -0.25) is 4.90 Å². The molecule has 1 unspecified atom stereocenters. The molecule has 0 aromatic heterocycles. The van der Waals surface area contributed by atoms with E-state index in [4.69, 9.17) is 4.74 Å². The summed E-state index contributed by atoms with van der Waals surface area (Å²) in [7, 11) is 0. The van der Waals surface area contributed by atoms with Crippen LogP contribution in [0.3, 0.4) is 0 Å². The Hall–Kier alpha value is -0.120. The van der Waals surface area contributed by atoms with Gasteiger partial charge in [-0.15, -0.1) is 0 Å². The zero-order chi connectivity index (χ0) is 11.9. The molecule has 0 aromatic carbocycles. The number of nitrogens with one attached hydrogen (secondary N) is 1. The Morgan fingerprint density at radius 3 is 2.82 bits per heavy atom. The second-order valence-electron chi connectivity index (χ2n) is 5.48. The fourth-order valence-corrected chi connectivity index (χ4v) is 2.60. The molecule has 1 heterocycles. The molecule has 2 rings (SSSR count). The van der Waals surface area contributed by atoms with Crippen LogP contribution in [0.1, 0.15) is 45.4 Å². The third-order valence-electron chi connectivity index (χ3n) is 3.84. The van der Waals surface area contributed by atoms with Crippen molar-refractivity contribution >= 4 is 0 Å². The Labute approximate surface area is 106 Å². The summed E-state index contributed by atoms with van der Waals surface area (Å²) in [6, 6.07) is 1.60. The molecule has 1 N–H and O–H groups in total. The van der Waals surface area contributed by atoms with Gasteiger partial charge in [-0.05, 0) is 38.6 Å². The Balaban J connectivity index is 1.63. The van der Waals surface area contributed by atoms with E-state index in [1.165, 1.54) is 45.2 Å².